The molecule has 2 aromatic rings. The summed E-state index contributed by atoms with van der Waals surface area (Å²) in [5.74, 6) is 0.619. The van der Waals surface area contributed by atoms with Gasteiger partial charge in [0.25, 0.3) is 0 Å². The fraction of sp³-hybridized carbons (Fsp3) is 0.619. The first-order chi connectivity index (χ1) is 13.1. The zero-order chi connectivity index (χ0) is 20.6. The molecule has 28 heavy (non-hydrogen) atoms. The summed E-state index contributed by atoms with van der Waals surface area (Å²) < 4.78 is 29.1. The molecule has 1 aliphatic rings. The van der Waals surface area contributed by atoms with Crippen molar-refractivity contribution in [2.24, 2.45) is 0 Å². The van der Waals surface area contributed by atoms with E-state index in [0.717, 1.165) is 17.5 Å². The Balaban J connectivity index is 2.08. The normalized spacial score (nSPS) is 18.7. The zero-order valence-electron chi connectivity index (χ0n) is 17.8. The largest absolute Gasteiger partial charge is 0.243 e. The van der Waals surface area contributed by atoms with Gasteiger partial charge < -0.3 is 0 Å². The highest BCUT2D eigenvalue weighted by atomic mass is 32.2. The third-order valence-corrected chi connectivity index (χ3v) is 7.57. The molecule has 1 unspecified atom stereocenters. The van der Waals surface area contributed by atoms with Crippen LogP contribution < -0.4 is 0 Å². The minimum absolute atomic E-state index is 0.00953. The Morgan fingerprint density at radius 1 is 0.929 bits per heavy atom. The summed E-state index contributed by atoms with van der Waals surface area (Å²) in [6.07, 6.45) is 4.00. The molecular formula is C21H32N4O2S. The molecular weight excluding hydrogens is 372 g/mol. The monoisotopic (exact) mass is 404 g/mol. The van der Waals surface area contributed by atoms with E-state index in [9.17, 15) is 8.42 Å². The third kappa shape index (κ3) is 3.87. The predicted octanol–water partition coefficient (Wildman–Crippen LogP) is 4.28. The first-order valence-electron chi connectivity index (χ1n) is 10.2. The van der Waals surface area contributed by atoms with Gasteiger partial charge in [0.2, 0.25) is 10.0 Å². The van der Waals surface area contributed by atoms with Crippen molar-refractivity contribution < 1.29 is 8.42 Å². The highest BCUT2D eigenvalue weighted by Gasteiger charge is 2.37. The van der Waals surface area contributed by atoms with E-state index in [2.05, 4.69) is 63.9 Å². The summed E-state index contributed by atoms with van der Waals surface area (Å²) in [4.78, 5) is 2.14. The lowest BCUT2D eigenvalue weighted by Gasteiger charge is -2.26. The number of nitrogens with zero attached hydrogens (tertiary/aromatic N) is 4. The molecule has 1 aliphatic heterocycles. The Labute approximate surface area is 169 Å². The van der Waals surface area contributed by atoms with Gasteiger partial charge in [-0.1, -0.05) is 53.7 Å². The van der Waals surface area contributed by atoms with Crippen LogP contribution in [-0.4, -0.2) is 40.8 Å². The van der Waals surface area contributed by atoms with Gasteiger partial charge in [-0.15, -0.1) is 0 Å². The maximum absolute atomic E-state index is 13.8. The summed E-state index contributed by atoms with van der Waals surface area (Å²) in [7, 11) is -3.59. The molecule has 0 aliphatic carbocycles. The fourth-order valence-electron chi connectivity index (χ4n) is 3.85. The maximum atomic E-state index is 13.8. The number of hydrogen-bond donors (Lipinski definition) is 0. The molecule has 7 heteroatoms. The van der Waals surface area contributed by atoms with Gasteiger partial charge in [0, 0.05) is 13.1 Å². The number of hydrogen-bond acceptors (Lipinski definition) is 4. The summed E-state index contributed by atoms with van der Waals surface area (Å²) >= 11 is 0. The lowest BCUT2D eigenvalue weighted by Crippen LogP contribution is -2.31. The van der Waals surface area contributed by atoms with E-state index in [0.29, 0.717) is 23.9 Å². The molecule has 2 heterocycles. The fourth-order valence-corrected chi connectivity index (χ4v) is 6.01. The van der Waals surface area contributed by atoms with Crippen LogP contribution in [-0.2, 0) is 10.0 Å². The average Bonchev–Trinajstić information content (AvgIpc) is 3.31. The first kappa shape index (κ1) is 21.0. The number of sulfonamides is 1. The molecule has 0 N–H and O–H groups in total. The van der Waals surface area contributed by atoms with Gasteiger partial charge in [0.15, 0.2) is 0 Å². The molecule has 1 aromatic heterocycles. The van der Waals surface area contributed by atoms with Crippen molar-refractivity contribution in [3.63, 3.8) is 0 Å². The average molecular weight is 405 g/mol. The summed E-state index contributed by atoms with van der Waals surface area (Å²) in [5, 5.41) is 8.39. The third-order valence-electron chi connectivity index (χ3n) is 5.57. The topological polar surface area (TPSA) is 68.1 Å². The van der Waals surface area contributed by atoms with Crippen LogP contribution in [0, 0.1) is 0 Å². The van der Waals surface area contributed by atoms with E-state index >= 15 is 0 Å². The Morgan fingerprint density at radius 3 is 1.93 bits per heavy atom. The van der Waals surface area contributed by atoms with Gasteiger partial charge in [0.1, 0.15) is 0 Å². The van der Waals surface area contributed by atoms with Crippen molar-refractivity contribution in [3.8, 4) is 0 Å². The van der Waals surface area contributed by atoms with Crippen LogP contribution in [0.25, 0.3) is 0 Å². The van der Waals surface area contributed by atoms with Crippen molar-refractivity contribution in [2.75, 3.05) is 13.1 Å². The minimum Gasteiger partial charge on any atom is -0.207 e. The predicted molar refractivity (Wildman–Crippen MR) is 111 cm³/mol. The summed E-state index contributed by atoms with van der Waals surface area (Å²) in [5.41, 5.74) is 3.05. The van der Waals surface area contributed by atoms with Crippen molar-refractivity contribution in [1.29, 1.82) is 0 Å². The minimum atomic E-state index is -3.59. The molecule has 1 atom stereocenters. The van der Waals surface area contributed by atoms with Crippen LogP contribution in [0.2, 0.25) is 0 Å². The highest BCUT2D eigenvalue weighted by Crippen LogP contribution is 2.38. The molecule has 1 aromatic carbocycles. The molecule has 1 fully saturated rings. The van der Waals surface area contributed by atoms with Gasteiger partial charge in [-0.25, -0.2) is 8.42 Å². The van der Waals surface area contributed by atoms with Crippen LogP contribution in [0.5, 0.6) is 0 Å². The lowest BCUT2D eigenvalue weighted by molar-refractivity contribution is 0.402. The standard InChI is InChI=1S/C21H32N4O2S/c1-14(2)17-11-19(15(3)4)21(20(12-17)16(5)6)28(26,27)24-10-7-18(13-24)25-22-8-9-23-25/h8-9,11-12,14-16,18H,7,10,13H2,1-6H3. The van der Waals surface area contributed by atoms with E-state index < -0.39 is 10.0 Å². The van der Waals surface area contributed by atoms with E-state index in [1.54, 1.807) is 21.5 Å². The molecule has 6 nitrogen and oxygen atoms in total. The van der Waals surface area contributed by atoms with Crippen LogP contribution >= 0.6 is 0 Å². The smallest absolute Gasteiger partial charge is 0.207 e. The second-order valence-corrected chi connectivity index (χ2v) is 10.5. The van der Waals surface area contributed by atoms with Gasteiger partial charge in [-0.2, -0.15) is 19.3 Å². The van der Waals surface area contributed by atoms with Crippen molar-refractivity contribution in [2.45, 2.75) is 76.7 Å². The molecule has 0 spiro atoms. The van der Waals surface area contributed by atoms with Crippen LogP contribution in [0.1, 0.15) is 88.4 Å². The molecule has 1 saturated heterocycles. The lowest BCUT2D eigenvalue weighted by atomic mass is 9.89. The number of benzene rings is 1. The number of rotatable bonds is 6. The Morgan fingerprint density at radius 2 is 1.46 bits per heavy atom. The van der Waals surface area contributed by atoms with Crippen LogP contribution in [0.4, 0.5) is 0 Å². The Hall–Kier alpha value is -1.73. The van der Waals surface area contributed by atoms with Crippen LogP contribution in [0.15, 0.2) is 29.4 Å². The second kappa shape index (κ2) is 7.95. The van der Waals surface area contributed by atoms with E-state index in [1.807, 2.05) is 0 Å². The van der Waals surface area contributed by atoms with Gasteiger partial charge >= 0.3 is 0 Å². The van der Waals surface area contributed by atoms with E-state index in [-0.39, 0.29) is 17.9 Å². The van der Waals surface area contributed by atoms with E-state index in [1.165, 1.54) is 5.56 Å². The van der Waals surface area contributed by atoms with Crippen LogP contribution in [0.3, 0.4) is 0 Å². The SMILES string of the molecule is CC(C)c1cc(C(C)C)c(S(=O)(=O)N2CCC(n3nccn3)C2)c(C(C)C)c1. The van der Waals surface area contributed by atoms with Crippen molar-refractivity contribution >= 4 is 10.0 Å². The summed E-state index contributed by atoms with van der Waals surface area (Å²) in [6.45, 7) is 13.5. The van der Waals surface area contributed by atoms with Gasteiger partial charge in [0.05, 0.1) is 23.3 Å². The first-order valence-corrected chi connectivity index (χ1v) is 11.6. The Kier molecular flexibility index (Phi) is 5.96. The summed E-state index contributed by atoms with van der Waals surface area (Å²) in [6, 6.07) is 4.18. The Bertz CT molecular complexity index is 889. The van der Waals surface area contributed by atoms with Crippen molar-refractivity contribution in [3.05, 3.63) is 41.2 Å². The highest BCUT2D eigenvalue weighted by molar-refractivity contribution is 7.89. The number of aromatic nitrogens is 3. The molecule has 0 radical (unpaired) electrons. The molecule has 154 valence electrons. The molecule has 0 bridgehead atoms. The quantitative estimate of drug-likeness (QED) is 0.720. The second-order valence-electron chi connectivity index (χ2n) is 8.65. The van der Waals surface area contributed by atoms with Crippen molar-refractivity contribution in [1.82, 2.24) is 19.3 Å². The zero-order valence-corrected chi connectivity index (χ0v) is 18.6. The molecule has 0 saturated carbocycles. The molecule has 3 rings (SSSR count). The van der Waals surface area contributed by atoms with Gasteiger partial charge in [-0.3, -0.25) is 0 Å². The molecule has 0 amide bonds. The maximum Gasteiger partial charge on any atom is 0.243 e. The van der Waals surface area contributed by atoms with E-state index in [4.69, 9.17) is 0 Å². The van der Waals surface area contributed by atoms with Gasteiger partial charge in [-0.05, 0) is 40.9 Å².